The van der Waals surface area contributed by atoms with Crippen LogP contribution in [-0.2, 0) is 19.9 Å². The molecule has 0 radical (unpaired) electrons. The van der Waals surface area contributed by atoms with Crippen molar-refractivity contribution in [2.75, 3.05) is 6.61 Å². The molecule has 1 aliphatic carbocycles. The fourth-order valence-electron chi connectivity index (χ4n) is 3.95. The van der Waals surface area contributed by atoms with E-state index in [4.69, 9.17) is 9.47 Å². The quantitative estimate of drug-likeness (QED) is 0.626. The highest BCUT2D eigenvalue weighted by Gasteiger charge is 2.53. The van der Waals surface area contributed by atoms with Gasteiger partial charge in [-0.05, 0) is 19.8 Å². The van der Waals surface area contributed by atoms with Gasteiger partial charge in [0.05, 0.1) is 0 Å². The second-order valence-electron chi connectivity index (χ2n) is 6.83. The summed E-state index contributed by atoms with van der Waals surface area (Å²) in [7, 11) is 0. The van der Waals surface area contributed by atoms with Crippen molar-refractivity contribution >= 4 is 11.8 Å². The minimum atomic E-state index is -1.15. The fourth-order valence-corrected chi connectivity index (χ4v) is 3.95. The van der Waals surface area contributed by atoms with E-state index in [2.05, 4.69) is 6.58 Å². The van der Waals surface area contributed by atoms with E-state index in [0.717, 1.165) is 12.8 Å². The normalized spacial score (nSPS) is 20.2. The number of hydrogen-bond acceptors (Lipinski definition) is 4. The zero-order valence-corrected chi connectivity index (χ0v) is 14.7. The number of rotatable bonds is 3. The predicted molar refractivity (Wildman–Crippen MR) is 97.0 cm³/mol. The van der Waals surface area contributed by atoms with Gasteiger partial charge < -0.3 is 9.47 Å². The number of carbonyl (C=O) groups excluding carboxylic acids is 2. The molecule has 0 aromatic heterocycles. The monoisotopic (exact) mass is 348 g/mol. The molecule has 4 nitrogen and oxygen atoms in total. The van der Waals surface area contributed by atoms with E-state index in [9.17, 15) is 9.59 Å². The van der Waals surface area contributed by atoms with E-state index >= 15 is 0 Å². The minimum Gasteiger partial charge on any atom is -0.443 e. The summed E-state index contributed by atoms with van der Waals surface area (Å²) >= 11 is 0. The molecule has 1 heterocycles. The van der Waals surface area contributed by atoms with Gasteiger partial charge in [-0.2, -0.15) is 0 Å². The van der Waals surface area contributed by atoms with Gasteiger partial charge >= 0.3 is 5.97 Å². The number of fused-ring (bicyclic) bond motifs is 2. The highest BCUT2D eigenvalue weighted by atomic mass is 16.6. The van der Waals surface area contributed by atoms with Crippen LogP contribution in [0.1, 0.15) is 46.8 Å². The maximum atomic E-state index is 13.0. The Hall–Kier alpha value is -2.72. The molecule has 26 heavy (non-hydrogen) atoms. The number of esters is 1. The third kappa shape index (κ3) is 2.33. The molecular weight excluding hydrogens is 328 g/mol. The van der Waals surface area contributed by atoms with Crippen molar-refractivity contribution in [3.63, 3.8) is 0 Å². The van der Waals surface area contributed by atoms with E-state index in [-0.39, 0.29) is 11.9 Å². The third-order valence-electron chi connectivity index (χ3n) is 5.13. The Kier molecular flexibility index (Phi) is 4.00. The molecule has 2 aliphatic rings. The van der Waals surface area contributed by atoms with E-state index < -0.39 is 11.6 Å². The molecule has 4 rings (SSSR count). The highest BCUT2D eigenvalue weighted by molar-refractivity contribution is 6.13. The molecule has 1 fully saturated rings. The Morgan fingerprint density at radius 2 is 1.69 bits per heavy atom. The molecule has 4 heteroatoms. The van der Waals surface area contributed by atoms with Crippen molar-refractivity contribution in [2.45, 2.75) is 31.5 Å². The van der Waals surface area contributed by atoms with Gasteiger partial charge in [0.2, 0.25) is 0 Å². The van der Waals surface area contributed by atoms with Crippen LogP contribution in [0.4, 0.5) is 0 Å². The smallest absolute Gasteiger partial charge is 0.334 e. The molecule has 0 spiro atoms. The van der Waals surface area contributed by atoms with E-state index in [1.54, 1.807) is 19.1 Å². The van der Waals surface area contributed by atoms with Crippen LogP contribution in [0.3, 0.4) is 0 Å². The molecule has 2 aromatic carbocycles. The van der Waals surface area contributed by atoms with E-state index in [1.165, 1.54) is 0 Å². The van der Waals surface area contributed by atoms with Crippen LogP contribution in [0.2, 0.25) is 0 Å². The van der Waals surface area contributed by atoms with Crippen LogP contribution in [0.15, 0.2) is 60.7 Å². The summed E-state index contributed by atoms with van der Waals surface area (Å²) < 4.78 is 12.1. The number of carbonyl (C=O) groups is 2. The van der Waals surface area contributed by atoms with E-state index in [1.807, 2.05) is 36.4 Å². The minimum absolute atomic E-state index is 0.0591. The average molecular weight is 348 g/mol. The van der Waals surface area contributed by atoms with Crippen LogP contribution < -0.4 is 0 Å². The number of benzene rings is 2. The topological polar surface area (TPSA) is 52.6 Å². The largest absolute Gasteiger partial charge is 0.443 e. The van der Waals surface area contributed by atoms with Gasteiger partial charge in [0.25, 0.3) is 0 Å². The molecule has 0 N–H and O–H groups in total. The number of ether oxygens (including phenoxy) is 2. The Morgan fingerprint density at radius 3 is 2.19 bits per heavy atom. The fraction of sp³-hybridized carbons (Fsp3) is 0.273. The second-order valence-corrected chi connectivity index (χ2v) is 6.83. The van der Waals surface area contributed by atoms with Gasteiger partial charge in [-0.15, -0.1) is 0 Å². The molecule has 132 valence electrons. The Bertz CT molecular complexity index is 856. The summed E-state index contributed by atoms with van der Waals surface area (Å²) in [6.07, 6.45) is 1.29. The van der Waals surface area contributed by atoms with Crippen molar-refractivity contribution in [1.82, 2.24) is 0 Å². The number of ketones is 1. The Labute approximate surface area is 152 Å². The van der Waals surface area contributed by atoms with Crippen LogP contribution in [0, 0.1) is 0 Å². The molecule has 0 bridgehead atoms. The third-order valence-corrected chi connectivity index (χ3v) is 5.13. The SMILES string of the molecule is C=C(C)C(=O)OC1(C2CCCO2)c2ccccc2C(=O)c2ccccc21. The summed E-state index contributed by atoms with van der Waals surface area (Å²) in [4.78, 5) is 25.6. The Balaban J connectivity index is 2.03. The molecule has 1 unspecified atom stereocenters. The van der Waals surface area contributed by atoms with E-state index in [0.29, 0.717) is 34.4 Å². The predicted octanol–water partition coefficient (Wildman–Crippen LogP) is 3.77. The second kappa shape index (κ2) is 6.22. The molecule has 2 aromatic rings. The van der Waals surface area contributed by atoms with Crippen LogP contribution in [-0.4, -0.2) is 24.5 Å². The summed E-state index contributed by atoms with van der Waals surface area (Å²) in [6, 6.07) is 14.7. The number of hydrogen-bond donors (Lipinski definition) is 0. The van der Waals surface area contributed by atoms with Crippen molar-refractivity contribution < 1.29 is 19.1 Å². The molecular formula is C22H20O4. The first-order valence-corrected chi connectivity index (χ1v) is 8.80. The lowest BCUT2D eigenvalue weighted by Gasteiger charge is -2.42. The first-order valence-electron chi connectivity index (χ1n) is 8.80. The van der Waals surface area contributed by atoms with Crippen LogP contribution in [0.5, 0.6) is 0 Å². The summed E-state index contributed by atoms with van der Waals surface area (Å²) in [5, 5.41) is 0. The summed E-state index contributed by atoms with van der Waals surface area (Å²) in [5.41, 5.74) is 1.64. The van der Waals surface area contributed by atoms with Crippen molar-refractivity contribution in [3.05, 3.63) is 82.9 Å². The first-order chi connectivity index (χ1) is 12.6. The zero-order valence-electron chi connectivity index (χ0n) is 14.7. The first kappa shape index (κ1) is 16.7. The molecule has 0 saturated carbocycles. The van der Waals surface area contributed by atoms with Gasteiger partial charge in [0.1, 0.15) is 6.10 Å². The maximum Gasteiger partial charge on any atom is 0.334 e. The van der Waals surface area contributed by atoms with Crippen LogP contribution >= 0.6 is 0 Å². The van der Waals surface area contributed by atoms with Crippen molar-refractivity contribution in [3.8, 4) is 0 Å². The van der Waals surface area contributed by atoms with Gasteiger partial charge in [-0.1, -0.05) is 55.1 Å². The van der Waals surface area contributed by atoms with Crippen LogP contribution in [0.25, 0.3) is 0 Å². The standard InChI is InChI=1S/C22H20O4/c1-14(2)21(24)26-22(19-12-7-13-25-19)17-10-5-3-8-15(17)20(23)16-9-4-6-11-18(16)22/h3-6,8-11,19H,1,7,12-13H2,2H3. The lowest BCUT2D eigenvalue weighted by atomic mass is 9.70. The van der Waals surface area contributed by atoms with Gasteiger partial charge in [-0.25, -0.2) is 4.79 Å². The highest BCUT2D eigenvalue weighted by Crippen LogP contribution is 2.48. The van der Waals surface area contributed by atoms with Crippen molar-refractivity contribution in [2.24, 2.45) is 0 Å². The van der Waals surface area contributed by atoms with Crippen molar-refractivity contribution in [1.29, 1.82) is 0 Å². The summed E-state index contributed by atoms with van der Waals surface area (Å²) in [6.45, 7) is 5.95. The molecule has 1 aliphatic heterocycles. The lowest BCUT2D eigenvalue weighted by molar-refractivity contribution is -0.165. The lowest BCUT2D eigenvalue weighted by Crippen LogP contribution is -2.48. The van der Waals surface area contributed by atoms with Gasteiger partial charge in [-0.3, -0.25) is 4.79 Å². The molecule has 1 saturated heterocycles. The zero-order chi connectivity index (χ0) is 18.3. The molecule has 1 atom stereocenters. The average Bonchev–Trinajstić information content (AvgIpc) is 3.20. The molecule has 0 amide bonds. The van der Waals surface area contributed by atoms with Gasteiger partial charge in [0, 0.05) is 34.4 Å². The Morgan fingerprint density at radius 1 is 1.12 bits per heavy atom. The summed E-state index contributed by atoms with van der Waals surface area (Å²) in [5.74, 6) is -0.546. The van der Waals surface area contributed by atoms with Gasteiger partial charge in [0.15, 0.2) is 11.4 Å². The maximum absolute atomic E-state index is 13.0.